The molecule has 0 aliphatic rings. The van der Waals surface area contributed by atoms with E-state index in [1.54, 1.807) is 0 Å². The van der Waals surface area contributed by atoms with Gasteiger partial charge in [0.15, 0.2) is 0 Å². The minimum Gasteiger partial charge on any atom is -0.481 e. The molecule has 0 saturated carbocycles. The third kappa shape index (κ3) is 11.0. The summed E-state index contributed by atoms with van der Waals surface area (Å²) >= 11 is 0. The van der Waals surface area contributed by atoms with Crippen LogP contribution in [-0.4, -0.2) is 42.9 Å². The predicted octanol–water partition coefficient (Wildman–Crippen LogP) is 0.965. The van der Waals surface area contributed by atoms with Gasteiger partial charge in [-0.3, -0.25) is 4.79 Å². The van der Waals surface area contributed by atoms with Crippen LogP contribution in [0.15, 0.2) is 0 Å². The lowest BCUT2D eigenvalue weighted by atomic mass is 10.1. The SMILES string of the molecule is CCOCCNC(=O)NC(C)CCCC(=O)O. The molecule has 0 aromatic rings. The molecule has 0 rings (SSSR count). The van der Waals surface area contributed by atoms with E-state index in [-0.39, 0.29) is 18.5 Å². The summed E-state index contributed by atoms with van der Waals surface area (Å²) in [6, 6.07) is -0.269. The number of amides is 2. The van der Waals surface area contributed by atoms with E-state index in [2.05, 4.69) is 10.6 Å². The van der Waals surface area contributed by atoms with E-state index in [1.165, 1.54) is 0 Å². The Kier molecular flexibility index (Phi) is 9.14. The number of aliphatic carboxylic acids is 1. The first-order valence-electron chi connectivity index (χ1n) is 5.90. The molecule has 0 heterocycles. The number of ether oxygens (including phenoxy) is 1. The molecule has 1 atom stereocenters. The van der Waals surface area contributed by atoms with Crippen molar-refractivity contribution >= 4 is 12.0 Å². The molecule has 0 fully saturated rings. The Morgan fingerprint density at radius 1 is 1.41 bits per heavy atom. The summed E-state index contributed by atoms with van der Waals surface area (Å²) in [5, 5.41) is 13.8. The maximum absolute atomic E-state index is 11.3. The van der Waals surface area contributed by atoms with Crippen LogP contribution in [-0.2, 0) is 9.53 Å². The van der Waals surface area contributed by atoms with E-state index in [1.807, 2.05) is 13.8 Å². The fraction of sp³-hybridized carbons (Fsp3) is 0.818. The summed E-state index contributed by atoms with van der Waals surface area (Å²) < 4.78 is 5.07. The summed E-state index contributed by atoms with van der Waals surface area (Å²) in [4.78, 5) is 21.6. The van der Waals surface area contributed by atoms with E-state index in [0.29, 0.717) is 32.6 Å². The fourth-order valence-electron chi connectivity index (χ4n) is 1.29. The van der Waals surface area contributed by atoms with E-state index in [9.17, 15) is 9.59 Å². The van der Waals surface area contributed by atoms with Crippen molar-refractivity contribution in [2.24, 2.45) is 0 Å². The zero-order chi connectivity index (χ0) is 13.1. The molecule has 0 saturated heterocycles. The first kappa shape index (κ1) is 15.7. The maximum Gasteiger partial charge on any atom is 0.315 e. The normalized spacial score (nSPS) is 11.9. The van der Waals surface area contributed by atoms with Crippen LogP contribution in [0.2, 0.25) is 0 Å². The Balaban J connectivity index is 3.48. The lowest BCUT2D eigenvalue weighted by Gasteiger charge is -2.14. The van der Waals surface area contributed by atoms with Gasteiger partial charge in [-0.05, 0) is 26.7 Å². The zero-order valence-corrected chi connectivity index (χ0v) is 10.5. The van der Waals surface area contributed by atoms with Gasteiger partial charge in [0.1, 0.15) is 0 Å². The second-order valence-corrected chi connectivity index (χ2v) is 3.78. The van der Waals surface area contributed by atoms with Gasteiger partial charge in [0.25, 0.3) is 0 Å². The minimum absolute atomic E-state index is 0.0264. The largest absolute Gasteiger partial charge is 0.481 e. The number of urea groups is 1. The Morgan fingerprint density at radius 3 is 2.71 bits per heavy atom. The van der Waals surface area contributed by atoms with Crippen molar-refractivity contribution in [2.75, 3.05) is 19.8 Å². The molecule has 3 N–H and O–H groups in total. The van der Waals surface area contributed by atoms with Crippen LogP contribution in [0.25, 0.3) is 0 Å². The lowest BCUT2D eigenvalue weighted by Crippen LogP contribution is -2.41. The number of hydrogen-bond donors (Lipinski definition) is 3. The van der Waals surface area contributed by atoms with Crippen LogP contribution in [0, 0.1) is 0 Å². The van der Waals surface area contributed by atoms with Gasteiger partial charge in [0, 0.05) is 25.6 Å². The number of nitrogens with one attached hydrogen (secondary N) is 2. The Morgan fingerprint density at radius 2 is 2.12 bits per heavy atom. The monoisotopic (exact) mass is 246 g/mol. The first-order chi connectivity index (χ1) is 8.06. The van der Waals surface area contributed by atoms with Gasteiger partial charge >= 0.3 is 12.0 Å². The molecular formula is C11H22N2O4. The molecule has 0 spiro atoms. The van der Waals surface area contributed by atoms with Gasteiger partial charge in [0.2, 0.25) is 0 Å². The molecule has 0 bridgehead atoms. The maximum atomic E-state index is 11.3. The Labute approximate surface area is 102 Å². The van der Waals surface area contributed by atoms with Crippen LogP contribution in [0.1, 0.15) is 33.1 Å². The summed E-state index contributed by atoms with van der Waals surface area (Å²) in [7, 11) is 0. The van der Waals surface area contributed by atoms with Crippen molar-refractivity contribution in [1.29, 1.82) is 0 Å². The Bertz CT molecular complexity index is 234. The number of carbonyl (C=O) groups is 2. The molecule has 100 valence electrons. The van der Waals surface area contributed by atoms with E-state index in [0.717, 1.165) is 0 Å². The molecule has 1 unspecified atom stereocenters. The smallest absolute Gasteiger partial charge is 0.315 e. The number of hydrogen-bond acceptors (Lipinski definition) is 3. The number of carbonyl (C=O) groups excluding carboxylic acids is 1. The predicted molar refractivity (Wildman–Crippen MR) is 64.0 cm³/mol. The van der Waals surface area contributed by atoms with Crippen LogP contribution in [0.5, 0.6) is 0 Å². The minimum atomic E-state index is -0.807. The highest BCUT2D eigenvalue weighted by molar-refractivity contribution is 5.74. The molecule has 0 aromatic carbocycles. The fourth-order valence-corrected chi connectivity index (χ4v) is 1.29. The molecule has 0 radical (unpaired) electrons. The van der Waals surface area contributed by atoms with Gasteiger partial charge in [-0.2, -0.15) is 0 Å². The molecule has 6 heteroatoms. The summed E-state index contributed by atoms with van der Waals surface area (Å²) in [6.07, 6.45) is 1.36. The molecule has 17 heavy (non-hydrogen) atoms. The third-order valence-electron chi connectivity index (χ3n) is 2.14. The summed E-state index contributed by atoms with van der Waals surface area (Å²) in [6.45, 7) is 5.35. The Hall–Kier alpha value is -1.30. The van der Waals surface area contributed by atoms with Crippen molar-refractivity contribution in [1.82, 2.24) is 10.6 Å². The zero-order valence-electron chi connectivity index (χ0n) is 10.5. The van der Waals surface area contributed by atoms with Crippen LogP contribution < -0.4 is 10.6 Å². The number of rotatable bonds is 9. The highest BCUT2D eigenvalue weighted by Crippen LogP contribution is 2.00. The third-order valence-corrected chi connectivity index (χ3v) is 2.14. The van der Waals surface area contributed by atoms with Crippen molar-refractivity contribution in [2.45, 2.75) is 39.2 Å². The summed E-state index contributed by atoms with van der Waals surface area (Å²) in [5.41, 5.74) is 0. The van der Waals surface area contributed by atoms with Gasteiger partial charge in [-0.25, -0.2) is 4.79 Å². The first-order valence-corrected chi connectivity index (χ1v) is 5.90. The average Bonchev–Trinajstić information content (AvgIpc) is 2.23. The van der Waals surface area contributed by atoms with Crippen molar-refractivity contribution < 1.29 is 19.4 Å². The van der Waals surface area contributed by atoms with E-state index in [4.69, 9.17) is 9.84 Å². The van der Waals surface area contributed by atoms with Crippen molar-refractivity contribution in [3.8, 4) is 0 Å². The van der Waals surface area contributed by atoms with Gasteiger partial charge < -0.3 is 20.5 Å². The topological polar surface area (TPSA) is 87.7 Å². The van der Waals surface area contributed by atoms with Crippen LogP contribution in [0.3, 0.4) is 0 Å². The summed E-state index contributed by atoms with van der Waals surface area (Å²) in [5.74, 6) is -0.807. The van der Waals surface area contributed by atoms with Crippen LogP contribution >= 0.6 is 0 Å². The number of carboxylic acids is 1. The number of carboxylic acid groups (broad SMARTS) is 1. The lowest BCUT2D eigenvalue weighted by molar-refractivity contribution is -0.137. The van der Waals surface area contributed by atoms with Gasteiger partial charge in [0.05, 0.1) is 6.61 Å². The molecule has 6 nitrogen and oxygen atoms in total. The van der Waals surface area contributed by atoms with E-state index >= 15 is 0 Å². The molecule has 0 aromatic heterocycles. The highest BCUT2D eigenvalue weighted by Gasteiger charge is 2.07. The van der Waals surface area contributed by atoms with Crippen molar-refractivity contribution in [3.05, 3.63) is 0 Å². The molecule has 0 aliphatic carbocycles. The molecular weight excluding hydrogens is 224 g/mol. The quantitative estimate of drug-likeness (QED) is 0.529. The molecule has 2 amide bonds. The van der Waals surface area contributed by atoms with Crippen LogP contribution in [0.4, 0.5) is 4.79 Å². The standard InChI is InChI=1S/C11H22N2O4/c1-3-17-8-7-12-11(16)13-9(2)5-4-6-10(14)15/h9H,3-8H2,1-2H3,(H,14,15)(H2,12,13,16). The average molecular weight is 246 g/mol. The van der Waals surface area contributed by atoms with Crippen molar-refractivity contribution in [3.63, 3.8) is 0 Å². The second-order valence-electron chi connectivity index (χ2n) is 3.78. The highest BCUT2D eigenvalue weighted by atomic mass is 16.5. The second kappa shape index (κ2) is 9.89. The molecule has 0 aliphatic heterocycles. The van der Waals surface area contributed by atoms with E-state index < -0.39 is 5.97 Å². The van der Waals surface area contributed by atoms with Gasteiger partial charge in [-0.1, -0.05) is 0 Å². The van der Waals surface area contributed by atoms with Gasteiger partial charge in [-0.15, -0.1) is 0 Å².